The van der Waals surface area contributed by atoms with Crippen LogP contribution in [0.15, 0.2) is 29.9 Å². The van der Waals surface area contributed by atoms with Gasteiger partial charge in [0.15, 0.2) is 17.3 Å². The van der Waals surface area contributed by atoms with Crippen LogP contribution in [-0.2, 0) is 11.2 Å². The van der Waals surface area contributed by atoms with E-state index in [-0.39, 0.29) is 18.6 Å². The van der Waals surface area contributed by atoms with Crippen molar-refractivity contribution < 1.29 is 23.5 Å². The molecule has 0 saturated carbocycles. The maximum atomic E-state index is 13.0. The van der Waals surface area contributed by atoms with Gasteiger partial charge in [-0.1, -0.05) is 24.6 Å². The number of ketones is 1. The van der Waals surface area contributed by atoms with Crippen molar-refractivity contribution in [1.29, 1.82) is 0 Å². The normalized spacial score (nSPS) is 27.0. The van der Waals surface area contributed by atoms with Gasteiger partial charge in [0.1, 0.15) is 6.04 Å². The average Bonchev–Trinajstić information content (AvgIpc) is 3.16. The monoisotopic (exact) mass is 412 g/mol. The van der Waals surface area contributed by atoms with E-state index in [1.165, 1.54) is 11.1 Å². The van der Waals surface area contributed by atoms with Crippen molar-refractivity contribution in [1.82, 2.24) is 0 Å². The van der Waals surface area contributed by atoms with Crippen LogP contribution in [0.1, 0.15) is 50.3 Å². The van der Waals surface area contributed by atoms with Gasteiger partial charge in [-0.25, -0.2) is 0 Å². The highest BCUT2D eigenvalue weighted by atomic mass is 16.7. The number of quaternary nitrogens is 1. The summed E-state index contributed by atoms with van der Waals surface area (Å²) in [7, 11) is 6.07. The van der Waals surface area contributed by atoms with Crippen molar-refractivity contribution in [2.75, 3.05) is 34.5 Å². The zero-order chi connectivity index (χ0) is 21.5. The number of benzene rings is 1. The number of methoxy groups -OCH3 is 1. The lowest BCUT2D eigenvalue weighted by molar-refractivity contribution is -0.922. The van der Waals surface area contributed by atoms with E-state index in [4.69, 9.17) is 14.2 Å². The Morgan fingerprint density at radius 3 is 2.87 bits per heavy atom. The summed E-state index contributed by atoms with van der Waals surface area (Å²) in [5.41, 5.74) is 3.77. The first-order valence-corrected chi connectivity index (χ1v) is 11.0. The number of rotatable bonds is 5. The maximum Gasteiger partial charge on any atom is 0.231 e. The first kappa shape index (κ1) is 21.0. The van der Waals surface area contributed by atoms with Crippen LogP contribution in [0, 0.1) is 11.8 Å². The average molecular weight is 413 g/mol. The first-order valence-electron chi connectivity index (χ1n) is 11.0. The lowest BCUT2D eigenvalue weighted by atomic mass is 9.80. The fourth-order valence-electron chi connectivity index (χ4n) is 5.19. The van der Waals surface area contributed by atoms with Crippen molar-refractivity contribution in [3.63, 3.8) is 0 Å². The minimum absolute atomic E-state index is 0.0290. The van der Waals surface area contributed by atoms with Crippen LogP contribution in [-0.4, -0.2) is 44.8 Å². The molecule has 0 unspecified atom stereocenters. The van der Waals surface area contributed by atoms with Crippen molar-refractivity contribution in [3.05, 3.63) is 41.0 Å². The van der Waals surface area contributed by atoms with Gasteiger partial charge in [0, 0.05) is 6.42 Å². The van der Waals surface area contributed by atoms with E-state index in [0.29, 0.717) is 24.0 Å². The summed E-state index contributed by atoms with van der Waals surface area (Å²) >= 11 is 0. The molecule has 1 aromatic carbocycles. The number of hydrogen-bond acceptors (Lipinski definition) is 4. The second-order valence-electron chi connectivity index (χ2n) is 9.65. The highest BCUT2D eigenvalue weighted by molar-refractivity contribution is 5.90. The molecule has 1 aliphatic carbocycles. The third-order valence-electron chi connectivity index (χ3n) is 7.12. The summed E-state index contributed by atoms with van der Waals surface area (Å²) in [5, 5.41) is 0. The van der Waals surface area contributed by atoms with Crippen molar-refractivity contribution >= 4 is 5.78 Å². The Hall–Kier alpha value is -2.27. The zero-order valence-corrected chi connectivity index (χ0v) is 18.9. The van der Waals surface area contributed by atoms with Gasteiger partial charge in [-0.15, -0.1) is 0 Å². The van der Waals surface area contributed by atoms with Gasteiger partial charge in [-0.3, -0.25) is 4.79 Å². The van der Waals surface area contributed by atoms with E-state index in [9.17, 15) is 4.79 Å². The summed E-state index contributed by atoms with van der Waals surface area (Å²) in [6.45, 7) is 5.66. The van der Waals surface area contributed by atoms with Gasteiger partial charge in [0.25, 0.3) is 0 Å². The molecule has 5 heteroatoms. The third-order valence-corrected chi connectivity index (χ3v) is 7.12. The van der Waals surface area contributed by atoms with E-state index in [2.05, 4.69) is 46.2 Å². The lowest BCUT2D eigenvalue weighted by Gasteiger charge is -2.43. The van der Waals surface area contributed by atoms with Crippen molar-refractivity contribution in [3.8, 4) is 17.2 Å². The summed E-state index contributed by atoms with van der Waals surface area (Å²) in [6, 6.07) is 2.10. The quantitative estimate of drug-likeness (QED) is 0.403. The van der Waals surface area contributed by atoms with E-state index >= 15 is 0 Å². The molecule has 0 saturated heterocycles. The summed E-state index contributed by atoms with van der Waals surface area (Å²) in [6.07, 6.45) is 9.81. The predicted molar refractivity (Wildman–Crippen MR) is 117 cm³/mol. The van der Waals surface area contributed by atoms with Crippen LogP contribution in [0.5, 0.6) is 17.2 Å². The Bertz CT molecular complexity index is 899. The van der Waals surface area contributed by atoms with E-state index < -0.39 is 0 Å². The number of likely N-dealkylation sites (N-methyl/N-ethyl adjacent to an activating group) is 1. The van der Waals surface area contributed by atoms with Gasteiger partial charge in [-0.05, 0) is 49.3 Å². The first-order chi connectivity index (χ1) is 14.3. The highest BCUT2D eigenvalue weighted by Crippen LogP contribution is 2.51. The van der Waals surface area contributed by atoms with Gasteiger partial charge < -0.3 is 18.7 Å². The predicted octanol–water partition coefficient (Wildman–Crippen LogP) is 4.61. The number of hydrogen-bond donors (Lipinski definition) is 0. The molecule has 2 heterocycles. The fourth-order valence-corrected chi connectivity index (χ4v) is 5.19. The van der Waals surface area contributed by atoms with Crippen molar-refractivity contribution in [2.24, 2.45) is 11.8 Å². The Labute approximate surface area is 179 Å². The second-order valence-corrected chi connectivity index (χ2v) is 9.65. The Kier molecular flexibility index (Phi) is 5.67. The molecule has 5 nitrogen and oxygen atoms in total. The maximum absolute atomic E-state index is 13.0. The summed E-state index contributed by atoms with van der Waals surface area (Å²) in [4.78, 5) is 13.0. The largest absolute Gasteiger partial charge is 0.492 e. The molecule has 0 amide bonds. The van der Waals surface area contributed by atoms with E-state index in [0.717, 1.165) is 47.4 Å². The molecule has 4 rings (SSSR count). The molecule has 0 spiro atoms. The number of ether oxygens (including phenoxy) is 3. The second kappa shape index (κ2) is 8.10. The topological polar surface area (TPSA) is 44.8 Å². The Morgan fingerprint density at radius 2 is 2.13 bits per heavy atom. The molecular weight excluding hydrogens is 378 g/mol. The summed E-state index contributed by atoms with van der Waals surface area (Å²) in [5.74, 6) is 3.36. The zero-order valence-electron chi connectivity index (χ0n) is 18.9. The molecule has 162 valence electrons. The van der Waals surface area contributed by atoms with E-state index in [1.807, 2.05) is 6.08 Å². The standard InChI is InChI=1S/C25H34NO4/c1-16-6-7-18(17(2)12-16)8-9-20(27)14-21-23-19(10-11-26(21,3)4)13-22-24(25(23)28-5)30-15-29-22/h6,8-9,13,17-18,21H,7,10-12,14-15H2,1-5H3/q+1/b9-8+/t17-,18+,21+/m1/s1. The van der Waals surface area contributed by atoms with Gasteiger partial charge in [-0.2, -0.15) is 0 Å². The SMILES string of the molecule is COc1c2c(cc3c1[C@H](CC(=O)/C=C/[C@@H]1CC=C(C)C[C@H]1C)[N+](C)(C)CC3)OCO2. The molecule has 0 aromatic heterocycles. The number of fused-ring (bicyclic) bond motifs is 2. The molecule has 30 heavy (non-hydrogen) atoms. The molecule has 0 bridgehead atoms. The Balaban J connectivity index is 1.60. The van der Waals surface area contributed by atoms with Crippen LogP contribution in [0.4, 0.5) is 0 Å². The smallest absolute Gasteiger partial charge is 0.231 e. The molecule has 0 fully saturated rings. The number of allylic oxidation sites excluding steroid dienone is 4. The Morgan fingerprint density at radius 1 is 1.33 bits per heavy atom. The van der Waals surface area contributed by atoms with Gasteiger partial charge in [0.2, 0.25) is 12.5 Å². The molecule has 0 radical (unpaired) electrons. The fraction of sp³-hybridized carbons (Fsp3) is 0.560. The van der Waals surface area contributed by atoms with Gasteiger partial charge >= 0.3 is 0 Å². The number of carbonyl (C=O) groups is 1. The number of carbonyl (C=O) groups excluding carboxylic acids is 1. The highest BCUT2D eigenvalue weighted by Gasteiger charge is 2.42. The minimum Gasteiger partial charge on any atom is -0.492 e. The summed E-state index contributed by atoms with van der Waals surface area (Å²) < 4.78 is 17.8. The molecule has 3 atom stereocenters. The molecular formula is C25H34NO4+. The molecule has 1 aromatic rings. The molecule has 0 N–H and O–H groups in total. The van der Waals surface area contributed by atoms with Gasteiger partial charge in [0.05, 0.1) is 39.7 Å². The third kappa shape index (κ3) is 3.87. The van der Waals surface area contributed by atoms with E-state index in [1.54, 1.807) is 7.11 Å². The number of nitrogens with zero attached hydrogens (tertiary/aromatic N) is 1. The molecule has 2 aliphatic heterocycles. The van der Waals surface area contributed by atoms with Crippen molar-refractivity contribution in [2.45, 2.75) is 45.6 Å². The minimum atomic E-state index is 0.0290. The van der Waals surface area contributed by atoms with Crippen LogP contribution >= 0.6 is 0 Å². The lowest BCUT2D eigenvalue weighted by Crippen LogP contribution is -2.48. The van der Waals surface area contributed by atoms with Crippen LogP contribution in [0.25, 0.3) is 0 Å². The van der Waals surface area contributed by atoms with Crippen LogP contribution < -0.4 is 14.2 Å². The van der Waals surface area contributed by atoms with Crippen LogP contribution in [0.3, 0.4) is 0 Å². The molecule has 3 aliphatic rings. The van der Waals surface area contributed by atoms with Crippen LogP contribution in [0.2, 0.25) is 0 Å².